The van der Waals surface area contributed by atoms with Gasteiger partial charge in [-0.1, -0.05) is 47.6 Å². The third-order valence-electron chi connectivity index (χ3n) is 7.32. The van der Waals surface area contributed by atoms with Crippen LogP contribution in [0.25, 0.3) is 0 Å². The molecular formula is C26H46N2O3Si. The van der Waals surface area contributed by atoms with Gasteiger partial charge in [-0.3, -0.25) is 4.79 Å². The van der Waals surface area contributed by atoms with E-state index in [2.05, 4.69) is 64.7 Å². The van der Waals surface area contributed by atoms with Gasteiger partial charge < -0.3 is 20.2 Å². The number of benzene rings is 1. The first-order valence-electron chi connectivity index (χ1n) is 12.3. The highest BCUT2D eigenvalue weighted by molar-refractivity contribution is 6.74. The van der Waals surface area contributed by atoms with E-state index >= 15 is 0 Å². The van der Waals surface area contributed by atoms with Gasteiger partial charge in [0.05, 0.1) is 17.8 Å². The number of carboxylic acid groups (broad SMARTS) is 1. The summed E-state index contributed by atoms with van der Waals surface area (Å²) in [5.74, 6) is -0.301. The van der Waals surface area contributed by atoms with E-state index in [1.165, 1.54) is 0 Å². The van der Waals surface area contributed by atoms with Gasteiger partial charge in [-0.15, -0.1) is 0 Å². The molecule has 0 saturated heterocycles. The maximum atomic E-state index is 11.1. The highest BCUT2D eigenvalue weighted by Crippen LogP contribution is 2.40. The molecular weight excluding hydrogens is 416 g/mol. The lowest BCUT2D eigenvalue weighted by Crippen LogP contribution is -2.47. The predicted octanol–water partition coefficient (Wildman–Crippen LogP) is 6.64. The SMILES string of the molecule is CC(C)CN(c1ccc([C@H](C)CC(=O)O)cc1N)[C@H]1CC[C@H](O[Si](C)(C)C(C)(C)C)CC1. The fraction of sp³-hybridized carbons (Fsp3) is 0.731. The molecule has 2 rings (SSSR count). The van der Waals surface area contributed by atoms with Crippen molar-refractivity contribution in [3.8, 4) is 0 Å². The molecule has 0 bridgehead atoms. The molecule has 182 valence electrons. The standard InChI is InChI=1S/C26H46N2O3Si/c1-18(2)17-28(24-14-9-20(16-23(24)27)19(3)15-25(29)30)21-10-12-22(13-11-21)31-32(7,8)26(4,5)6/h9,14,16,18-19,21-22H,10-13,15,17,27H2,1-8H3,(H,29,30)/t19-,21-,22-/m1/s1. The van der Waals surface area contributed by atoms with Crippen LogP contribution in [0.5, 0.6) is 0 Å². The van der Waals surface area contributed by atoms with Crippen LogP contribution in [0.2, 0.25) is 18.1 Å². The molecule has 0 radical (unpaired) electrons. The van der Waals surface area contributed by atoms with Crippen molar-refractivity contribution in [2.24, 2.45) is 5.92 Å². The van der Waals surface area contributed by atoms with E-state index in [4.69, 9.17) is 15.3 Å². The number of nitrogen functional groups attached to an aromatic ring is 1. The minimum atomic E-state index is -1.74. The van der Waals surface area contributed by atoms with Gasteiger partial charge in [0, 0.05) is 18.7 Å². The third-order valence-corrected chi connectivity index (χ3v) is 11.9. The van der Waals surface area contributed by atoms with Gasteiger partial charge in [0.25, 0.3) is 0 Å². The monoisotopic (exact) mass is 462 g/mol. The lowest BCUT2D eigenvalue weighted by atomic mass is 9.90. The van der Waals surface area contributed by atoms with Crippen molar-refractivity contribution in [2.75, 3.05) is 17.2 Å². The summed E-state index contributed by atoms with van der Waals surface area (Å²) >= 11 is 0. The molecule has 1 aliphatic carbocycles. The first-order chi connectivity index (χ1) is 14.7. The molecule has 6 heteroatoms. The lowest BCUT2D eigenvalue weighted by molar-refractivity contribution is -0.137. The van der Waals surface area contributed by atoms with Crippen molar-refractivity contribution in [2.45, 2.75) is 110 Å². The molecule has 5 nitrogen and oxygen atoms in total. The summed E-state index contributed by atoms with van der Waals surface area (Å²) in [6, 6.07) is 6.59. The van der Waals surface area contributed by atoms with Gasteiger partial charge in [0.2, 0.25) is 0 Å². The summed E-state index contributed by atoms with van der Waals surface area (Å²) in [6.45, 7) is 19.0. The van der Waals surface area contributed by atoms with Crippen molar-refractivity contribution in [3.63, 3.8) is 0 Å². The fourth-order valence-corrected chi connectivity index (χ4v) is 5.85. The quantitative estimate of drug-likeness (QED) is 0.318. The normalized spacial score (nSPS) is 20.9. The Bertz CT molecular complexity index is 765. The highest BCUT2D eigenvalue weighted by Gasteiger charge is 2.40. The summed E-state index contributed by atoms with van der Waals surface area (Å²) in [5, 5.41) is 9.35. The number of rotatable bonds is 9. The first kappa shape index (κ1) is 26.7. The van der Waals surface area contributed by atoms with Gasteiger partial charge in [-0.05, 0) is 73.3 Å². The van der Waals surface area contributed by atoms with Gasteiger partial charge in [-0.25, -0.2) is 0 Å². The van der Waals surface area contributed by atoms with Crippen LogP contribution < -0.4 is 10.6 Å². The zero-order chi connectivity index (χ0) is 24.3. The number of carbonyl (C=O) groups is 1. The summed E-state index contributed by atoms with van der Waals surface area (Å²) in [7, 11) is -1.74. The van der Waals surface area contributed by atoms with E-state index < -0.39 is 14.3 Å². The Morgan fingerprint density at radius 3 is 2.25 bits per heavy atom. The maximum absolute atomic E-state index is 11.1. The number of hydrogen-bond donors (Lipinski definition) is 2. The van der Waals surface area contributed by atoms with Crippen LogP contribution in [-0.4, -0.2) is 38.1 Å². The third kappa shape index (κ3) is 6.98. The van der Waals surface area contributed by atoms with Crippen molar-refractivity contribution in [1.29, 1.82) is 0 Å². The Labute approximate surface area is 196 Å². The van der Waals surface area contributed by atoms with Crippen molar-refractivity contribution >= 4 is 25.7 Å². The van der Waals surface area contributed by atoms with Gasteiger partial charge in [-0.2, -0.15) is 0 Å². The molecule has 0 aliphatic heterocycles. The highest BCUT2D eigenvalue weighted by atomic mass is 28.4. The number of anilines is 2. The number of nitrogens with zero attached hydrogens (tertiary/aromatic N) is 1. The summed E-state index contributed by atoms with van der Waals surface area (Å²) < 4.78 is 6.70. The van der Waals surface area contributed by atoms with Crippen molar-refractivity contribution in [1.82, 2.24) is 0 Å². The first-order valence-corrected chi connectivity index (χ1v) is 15.2. The number of aliphatic carboxylic acids is 1. The Morgan fingerprint density at radius 1 is 1.19 bits per heavy atom. The van der Waals surface area contributed by atoms with Crippen LogP contribution >= 0.6 is 0 Å². The number of hydrogen-bond acceptors (Lipinski definition) is 4. The van der Waals surface area contributed by atoms with E-state index in [-0.39, 0.29) is 17.4 Å². The molecule has 0 aromatic heterocycles. The minimum Gasteiger partial charge on any atom is -0.481 e. The second kappa shape index (κ2) is 10.6. The molecule has 1 fully saturated rings. The number of nitrogens with two attached hydrogens (primary N) is 1. The molecule has 1 aromatic rings. The Morgan fingerprint density at radius 2 is 1.78 bits per heavy atom. The van der Waals surface area contributed by atoms with Crippen LogP contribution in [0.3, 0.4) is 0 Å². The van der Waals surface area contributed by atoms with Crippen molar-refractivity contribution in [3.05, 3.63) is 23.8 Å². The Balaban J connectivity index is 2.14. The van der Waals surface area contributed by atoms with E-state index in [9.17, 15) is 4.79 Å². The predicted molar refractivity (Wildman–Crippen MR) is 138 cm³/mol. The fourth-order valence-electron chi connectivity index (χ4n) is 4.43. The number of carboxylic acids is 1. The van der Waals surface area contributed by atoms with E-state index in [1.54, 1.807) is 0 Å². The van der Waals surface area contributed by atoms with Crippen LogP contribution in [0.15, 0.2) is 18.2 Å². The van der Waals surface area contributed by atoms with Crippen LogP contribution in [-0.2, 0) is 9.22 Å². The molecule has 1 saturated carbocycles. The Kier molecular flexibility index (Phi) is 8.85. The van der Waals surface area contributed by atoms with E-state index in [1.807, 2.05) is 13.0 Å². The second-order valence-electron chi connectivity index (χ2n) is 11.7. The largest absolute Gasteiger partial charge is 0.481 e. The van der Waals surface area contributed by atoms with Crippen LogP contribution in [0.4, 0.5) is 11.4 Å². The topological polar surface area (TPSA) is 75.8 Å². The van der Waals surface area contributed by atoms with Crippen LogP contribution in [0, 0.1) is 5.92 Å². The second-order valence-corrected chi connectivity index (χ2v) is 16.4. The zero-order valence-corrected chi connectivity index (χ0v) is 22.6. The molecule has 1 aliphatic rings. The zero-order valence-electron chi connectivity index (χ0n) is 21.6. The summed E-state index contributed by atoms with van der Waals surface area (Å²) in [6.07, 6.45) is 4.90. The molecule has 0 spiro atoms. The van der Waals surface area contributed by atoms with Crippen molar-refractivity contribution < 1.29 is 14.3 Å². The van der Waals surface area contributed by atoms with Crippen LogP contribution in [0.1, 0.15) is 85.1 Å². The van der Waals surface area contributed by atoms with Gasteiger partial charge in [0.15, 0.2) is 8.32 Å². The average Bonchev–Trinajstić information content (AvgIpc) is 2.65. The maximum Gasteiger partial charge on any atom is 0.303 e. The molecule has 0 amide bonds. The molecule has 0 unspecified atom stereocenters. The average molecular weight is 463 g/mol. The van der Waals surface area contributed by atoms with E-state index in [0.29, 0.717) is 18.1 Å². The summed E-state index contributed by atoms with van der Waals surface area (Å²) in [4.78, 5) is 13.6. The summed E-state index contributed by atoms with van der Waals surface area (Å²) in [5.41, 5.74) is 9.35. The molecule has 3 N–H and O–H groups in total. The van der Waals surface area contributed by atoms with Gasteiger partial charge >= 0.3 is 5.97 Å². The molecule has 1 aromatic carbocycles. The smallest absolute Gasteiger partial charge is 0.303 e. The minimum absolute atomic E-state index is 0.0506. The molecule has 32 heavy (non-hydrogen) atoms. The molecule has 0 heterocycles. The van der Waals surface area contributed by atoms with Gasteiger partial charge in [0.1, 0.15) is 0 Å². The lowest BCUT2D eigenvalue weighted by Gasteiger charge is -2.44. The van der Waals surface area contributed by atoms with E-state index in [0.717, 1.165) is 49.2 Å². The molecule has 1 atom stereocenters. The Hall–Kier alpha value is -1.53.